The Balaban J connectivity index is 1.76. The quantitative estimate of drug-likeness (QED) is 0.341. The number of hydrogen-bond acceptors (Lipinski definition) is 6. The van der Waals surface area contributed by atoms with Crippen molar-refractivity contribution in [3.8, 4) is 0 Å². The summed E-state index contributed by atoms with van der Waals surface area (Å²) in [7, 11) is 0. The number of hydrogen-bond donors (Lipinski definition) is 2. The normalized spacial score (nSPS) is 10.7. The van der Waals surface area contributed by atoms with Gasteiger partial charge in [-0.15, -0.1) is 0 Å². The Morgan fingerprint density at radius 1 is 0.862 bits per heavy atom. The highest BCUT2D eigenvalue weighted by molar-refractivity contribution is 5.96. The maximum atomic E-state index is 11.9. The largest absolute Gasteiger partial charge is 0.353 e. The van der Waals surface area contributed by atoms with Crippen LogP contribution in [0.15, 0.2) is 67.0 Å². The monoisotopic (exact) mass is 385 g/mol. The first-order chi connectivity index (χ1) is 14.0. The van der Waals surface area contributed by atoms with Crippen LogP contribution in [-0.4, -0.2) is 14.9 Å². The number of fused-ring (bicyclic) bond motifs is 1. The first kappa shape index (κ1) is 18.4. The van der Waals surface area contributed by atoms with E-state index in [9.17, 15) is 10.1 Å². The average molecular weight is 385 g/mol. The SMILES string of the molecule is Cc1ccc(Nc2ncnc(Nc3cccc4ccccc34)c2[N+](=O)[O-])c(C)c1. The topological polar surface area (TPSA) is 93.0 Å². The Morgan fingerprint density at radius 2 is 1.55 bits per heavy atom. The number of rotatable bonds is 5. The summed E-state index contributed by atoms with van der Waals surface area (Å²) in [5, 5.41) is 20.0. The summed E-state index contributed by atoms with van der Waals surface area (Å²) >= 11 is 0. The Kier molecular flexibility index (Phi) is 4.78. The number of aromatic nitrogens is 2. The second kappa shape index (κ2) is 7.55. The fraction of sp³-hybridized carbons (Fsp3) is 0.0909. The van der Waals surface area contributed by atoms with Gasteiger partial charge in [0.1, 0.15) is 6.33 Å². The van der Waals surface area contributed by atoms with Crippen LogP contribution in [-0.2, 0) is 0 Å². The second-order valence-corrected chi connectivity index (χ2v) is 6.77. The minimum Gasteiger partial charge on any atom is -0.334 e. The van der Waals surface area contributed by atoms with Crippen LogP contribution in [0.3, 0.4) is 0 Å². The van der Waals surface area contributed by atoms with E-state index in [1.165, 1.54) is 6.33 Å². The minimum absolute atomic E-state index is 0.133. The molecule has 0 fully saturated rings. The summed E-state index contributed by atoms with van der Waals surface area (Å²) in [5.41, 5.74) is 3.38. The van der Waals surface area contributed by atoms with Crippen molar-refractivity contribution in [1.82, 2.24) is 9.97 Å². The molecular formula is C22H19N5O2. The van der Waals surface area contributed by atoms with Crippen molar-refractivity contribution < 1.29 is 4.92 Å². The Labute approximate surface area is 167 Å². The van der Waals surface area contributed by atoms with Gasteiger partial charge in [0, 0.05) is 16.8 Å². The van der Waals surface area contributed by atoms with Crippen LogP contribution in [0.2, 0.25) is 0 Å². The van der Waals surface area contributed by atoms with Crippen LogP contribution in [0.5, 0.6) is 0 Å². The molecule has 0 saturated carbocycles. The van der Waals surface area contributed by atoms with E-state index in [4.69, 9.17) is 0 Å². The van der Waals surface area contributed by atoms with Crippen LogP contribution in [0, 0.1) is 24.0 Å². The van der Waals surface area contributed by atoms with E-state index in [-0.39, 0.29) is 17.3 Å². The number of aryl methyl sites for hydroxylation is 2. The van der Waals surface area contributed by atoms with E-state index >= 15 is 0 Å². The predicted octanol–water partition coefficient (Wildman–Crippen LogP) is 5.64. The van der Waals surface area contributed by atoms with Crippen molar-refractivity contribution >= 4 is 39.5 Å². The molecule has 0 saturated heterocycles. The van der Waals surface area contributed by atoms with E-state index in [1.807, 2.05) is 74.5 Å². The summed E-state index contributed by atoms with van der Waals surface area (Å²) in [4.78, 5) is 19.7. The lowest BCUT2D eigenvalue weighted by Gasteiger charge is -2.13. The lowest BCUT2D eigenvalue weighted by Crippen LogP contribution is -2.06. The van der Waals surface area contributed by atoms with Gasteiger partial charge in [-0.2, -0.15) is 0 Å². The smallest absolute Gasteiger partial charge is 0.334 e. The highest BCUT2D eigenvalue weighted by Gasteiger charge is 2.24. The van der Waals surface area contributed by atoms with Crippen LogP contribution >= 0.6 is 0 Å². The van der Waals surface area contributed by atoms with Gasteiger partial charge >= 0.3 is 5.69 Å². The van der Waals surface area contributed by atoms with Gasteiger partial charge in [0.15, 0.2) is 0 Å². The fourth-order valence-corrected chi connectivity index (χ4v) is 3.28. The Bertz CT molecular complexity index is 1220. The van der Waals surface area contributed by atoms with E-state index in [0.29, 0.717) is 0 Å². The van der Waals surface area contributed by atoms with Crippen LogP contribution in [0.4, 0.5) is 28.7 Å². The molecule has 4 aromatic rings. The van der Waals surface area contributed by atoms with E-state index < -0.39 is 4.92 Å². The third-order valence-corrected chi connectivity index (χ3v) is 4.68. The predicted molar refractivity (Wildman–Crippen MR) is 115 cm³/mol. The summed E-state index contributed by atoms with van der Waals surface area (Å²) in [6.07, 6.45) is 1.31. The van der Waals surface area contributed by atoms with Crippen molar-refractivity contribution in [3.05, 3.63) is 88.2 Å². The molecular weight excluding hydrogens is 366 g/mol. The zero-order chi connectivity index (χ0) is 20.4. The van der Waals surface area contributed by atoms with Gasteiger partial charge in [0.05, 0.1) is 4.92 Å². The van der Waals surface area contributed by atoms with E-state index in [1.54, 1.807) is 0 Å². The van der Waals surface area contributed by atoms with Crippen molar-refractivity contribution in [2.75, 3.05) is 10.6 Å². The van der Waals surface area contributed by atoms with Crippen molar-refractivity contribution in [2.24, 2.45) is 0 Å². The molecule has 7 nitrogen and oxygen atoms in total. The third-order valence-electron chi connectivity index (χ3n) is 4.68. The van der Waals surface area contributed by atoms with Gasteiger partial charge in [0.25, 0.3) is 0 Å². The molecule has 29 heavy (non-hydrogen) atoms. The van der Waals surface area contributed by atoms with Crippen LogP contribution in [0.25, 0.3) is 10.8 Å². The molecule has 144 valence electrons. The molecule has 3 aromatic carbocycles. The van der Waals surface area contributed by atoms with E-state index in [2.05, 4.69) is 20.6 Å². The van der Waals surface area contributed by atoms with Gasteiger partial charge in [-0.25, -0.2) is 9.97 Å². The van der Waals surface area contributed by atoms with Crippen molar-refractivity contribution in [3.63, 3.8) is 0 Å². The number of benzene rings is 3. The minimum atomic E-state index is -0.473. The number of nitro groups is 1. The average Bonchev–Trinajstić information content (AvgIpc) is 2.70. The molecule has 7 heteroatoms. The summed E-state index contributed by atoms with van der Waals surface area (Å²) in [6, 6.07) is 19.4. The standard InChI is InChI=1S/C22H19N5O2/c1-14-10-11-18(15(2)12-14)25-21-20(27(28)29)22(24-13-23-21)26-19-9-5-7-16-6-3-4-8-17(16)19/h3-13H,1-2H3,(H2,23,24,25,26). The molecule has 4 rings (SSSR count). The molecule has 0 aliphatic rings. The zero-order valence-corrected chi connectivity index (χ0v) is 16.0. The highest BCUT2D eigenvalue weighted by Crippen LogP contribution is 2.35. The first-order valence-electron chi connectivity index (χ1n) is 9.11. The van der Waals surface area contributed by atoms with Gasteiger partial charge < -0.3 is 10.6 Å². The highest BCUT2D eigenvalue weighted by atomic mass is 16.6. The molecule has 0 aliphatic heterocycles. The molecule has 0 aliphatic carbocycles. The van der Waals surface area contributed by atoms with E-state index in [0.717, 1.165) is 33.3 Å². The summed E-state index contributed by atoms with van der Waals surface area (Å²) in [6.45, 7) is 3.94. The maximum absolute atomic E-state index is 11.9. The second-order valence-electron chi connectivity index (χ2n) is 6.77. The molecule has 2 N–H and O–H groups in total. The Hall–Kier alpha value is -4.00. The maximum Gasteiger partial charge on any atom is 0.353 e. The van der Waals surface area contributed by atoms with Gasteiger partial charge in [-0.05, 0) is 36.9 Å². The number of nitrogens with one attached hydrogen (secondary N) is 2. The van der Waals surface area contributed by atoms with Crippen molar-refractivity contribution in [2.45, 2.75) is 13.8 Å². The van der Waals surface area contributed by atoms with Crippen molar-refractivity contribution in [1.29, 1.82) is 0 Å². The molecule has 1 aromatic heterocycles. The van der Waals surface area contributed by atoms with Gasteiger partial charge in [-0.1, -0.05) is 54.1 Å². The lowest BCUT2D eigenvalue weighted by molar-refractivity contribution is -0.383. The fourth-order valence-electron chi connectivity index (χ4n) is 3.28. The van der Waals surface area contributed by atoms with Crippen LogP contribution in [0.1, 0.15) is 11.1 Å². The summed E-state index contributed by atoms with van der Waals surface area (Å²) in [5.74, 6) is 0.272. The van der Waals surface area contributed by atoms with Gasteiger partial charge in [0.2, 0.25) is 11.6 Å². The first-order valence-corrected chi connectivity index (χ1v) is 9.11. The summed E-state index contributed by atoms with van der Waals surface area (Å²) < 4.78 is 0. The molecule has 0 unspecified atom stereocenters. The molecule has 0 atom stereocenters. The molecule has 1 heterocycles. The third kappa shape index (κ3) is 3.70. The zero-order valence-electron chi connectivity index (χ0n) is 16.0. The molecule has 0 bridgehead atoms. The lowest BCUT2D eigenvalue weighted by atomic mass is 10.1. The number of nitrogens with zero attached hydrogens (tertiary/aromatic N) is 3. The molecule has 0 spiro atoms. The van der Waals surface area contributed by atoms with Crippen LogP contribution < -0.4 is 10.6 Å². The van der Waals surface area contributed by atoms with Gasteiger partial charge in [-0.3, -0.25) is 10.1 Å². The number of anilines is 4. The molecule has 0 amide bonds. The molecule has 0 radical (unpaired) electrons. The Morgan fingerprint density at radius 3 is 2.28 bits per heavy atom.